The van der Waals surface area contributed by atoms with Crippen molar-refractivity contribution in [1.82, 2.24) is 15.2 Å². The van der Waals surface area contributed by atoms with Gasteiger partial charge in [-0.1, -0.05) is 18.9 Å². The third-order valence-corrected chi connectivity index (χ3v) is 7.71. The summed E-state index contributed by atoms with van der Waals surface area (Å²) < 4.78 is 5.60. The molecule has 0 bridgehead atoms. The van der Waals surface area contributed by atoms with E-state index in [-0.39, 0.29) is 29.9 Å². The predicted octanol–water partition coefficient (Wildman–Crippen LogP) is 3.09. The summed E-state index contributed by atoms with van der Waals surface area (Å²) in [6.45, 7) is 2.21. The average molecular weight is 412 g/mol. The number of hydrogen-bond donors (Lipinski definition) is 1. The van der Waals surface area contributed by atoms with Gasteiger partial charge in [0.25, 0.3) is 0 Å². The van der Waals surface area contributed by atoms with E-state index in [1.165, 1.54) is 25.7 Å². The second kappa shape index (κ2) is 8.66. The van der Waals surface area contributed by atoms with Crippen LogP contribution in [-0.2, 0) is 14.3 Å². The standard InChI is InChI=1S/C24H33N3O3/c28-23(20-11-6-14-30-20)26-22(19-10-3-4-12-25-19)16-7-5-13-27(15-16)24(29)21-17-8-1-2-9-18(17)21/h3-4,10,12,16-18,20-22H,1-2,5-9,11,13-15H2,(H,26,28). The van der Waals surface area contributed by atoms with E-state index in [0.717, 1.165) is 37.9 Å². The largest absolute Gasteiger partial charge is 0.368 e. The van der Waals surface area contributed by atoms with Gasteiger partial charge in [-0.25, -0.2) is 0 Å². The molecular formula is C24H33N3O3. The van der Waals surface area contributed by atoms with E-state index < -0.39 is 0 Å². The highest BCUT2D eigenvalue weighted by atomic mass is 16.5. The molecule has 1 N–H and O–H groups in total. The molecule has 0 radical (unpaired) electrons. The van der Waals surface area contributed by atoms with Crippen LogP contribution in [0.15, 0.2) is 24.4 Å². The number of nitrogens with one attached hydrogen (secondary N) is 1. The van der Waals surface area contributed by atoms with E-state index in [1.54, 1.807) is 6.20 Å². The van der Waals surface area contributed by atoms with Gasteiger partial charge in [0.2, 0.25) is 11.8 Å². The van der Waals surface area contributed by atoms with Gasteiger partial charge in [0.15, 0.2) is 0 Å². The second-order valence-corrected chi connectivity index (χ2v) is 9.57. The van der Waals surface area contributed by atoms with Crippen molar-refractivity contribution in [2.75, 3.05) is 19.7 Å². The minimum Gasteiger partial charge on any atom is -0.368 e. The SMILES string of the molecule is O=C(NC(c1ccccn1)C1CCCN(C(=O)C2C3CCCCC32)C1)C1CCCO1. The molecule has 6 heteroatoms. The Morgan fingerprint density at radius 3 is 2.60 bits per heavy atom. The first-order valence-corrected chi connectivity index (χ1v) is 11.8. The minimum atomic E-state index is -0.355. The highest BCUT2D eigenvalue weighted by Gasteiger charge is 2.56. The number of carbonyl (C=O) groups excluding carboxylic acids is 2. The molecule has 0 aromatic carbocycles. The molecule has 30 heavy (non-hydrogen) atoms. The Morgan fingerprint density at radius 2 is 1.90 bits per heavy atom. The molecule has 3 heterocycles. The summed E-state index contributed by atoms with van der Waals surface area (Å²) in [5.74, 6) is 2.04. The van der Waals surface area contributed by atoms with Crippen molar-refractivity contribution in [3.63, 3.8) is 0 Å². The van der Waals surface area contributed by atoms with Crippen LogP contribution in [0.4, 0.5) is 0 Å². The Hall–Kier alpha value is -1.95. The lowest BCUT2D eigenvalue weighted by molar-refractivity contribution is -0.135. The van der Waals surface area contributed by atoms with Crippen LogP contribution in [0.5, 0.6) is 0 Å². The first kappa shape index (κ1) is 20.0. The monoisotopic (exact) mass is 411 g/mol. The first-order valence-electron chi connectivity index (χ1n) is 11.8. The van der Waals surface area contributed by atoms with Gasteiger partial charge in [-0.15, -0.1) is 0 Å². The van der Waals surface area contributed by atoms with E-state index in [4.69, 9.17) is 4.74 Å². The van der Waals surface area contributed by atoms with E-state index in [1.807, 2.05) is 18.2 Å². The molecule has 0 spiro atoms. The van der Waals surface area contributed by atoms with Gasteiger partial charge in [-0.2, -0.15) is 0 Å². The zero-order valence-corrected chi connectivity index (χ0v) is 17.7. The molecule has 2 saturated heterocycles. The average Bonchev–Trinajstić information content (AvgIpc) is 3.25. The van der Waals surface area contributed by atoms with Crippen molar-refractivity contribution in [3.8, 4) is 0 Å². The van der Waals surface area contributed by atoms with Gasteiger partial charge < -0.3 is 15.0 Å². The summed E-state index contributed by atoms with van der Waals surface area (Å²) in [5, 5.41) is 3.23. The number of nitrogens with zero attached hydrogens (tertiary/aromatic N) is 2. The molecule has 1 aromatic heterocycles. The Balaban J connectivity index is 1.29. The van der Waals surface area contributed by atoms with Gasteiger partial charge in [0.1, 0.15) is 6.10 Å². The lowest BCUT2D eigenvalue weighted by Crippen LogP contribution is -2.47. The Labute approximate surface area is 178 Å². The molecule has 5 atom stereocenters. The number of pyridine rings is 1. The molecule has 2 aliphatic carbocycles. The predicted molar refractivity (Wildman–Crippen MR) is 112 cm³/mol. The maximum Gasteiger partial charge on any atom is 0.249 e. The number of carbonyl (C=O) groups is 2. The number of rotatable bonds is 5. The van der Waals surface area contributed by atoms with Crippen LogP contribution in [0, 0.1) is 23.7 Å². The lowest BCUT2D eigenvalue weighted by Gasteiger charge is -2.37. The Bertz CT molecular complexity index is 752. The van der Waals surface area contributed by atoms with Crippen LogP contribution in [-0.4, -0.2) is 47.5 Å². The maximum absolute atomic E-state index is 13.3. The first-order chi connectivity index (χ1) is 14.7. The molecule has 4 fully saturated rings. The van der Waals surface area contributed by atoms with E-state index in [2.05, 4.69) is 15.2 Å². The molecule has 162 valence electrons. The summed E-state index contributed by atoms with van der Waals surface area (Å²) in [4.78, 5) is 32.7. The van der Waals surface area contributed by atoms with Crippen molar-refractivity contribution >= 4 is 11.8 Å². The van der Waals surface area contributed by atoms with Gasteiger partial charge >= 0.3 is 0 Å². The molecule has 2 aliphatic heterocycles. The van der Waals surface area contributed by atoms with E-state index in [0.29, 0.717) is 30.9 Å². The summed E-state index contributed by atoms with van der Waals surface area (Å²) >= 11 is 0. The molecule has 6 nitrogen and oxygen atoms in total. The van der Waals surface area contributed by atoms with Crippen LogP contribution in [0.2, 0.25) is 0 Å². The van der Waals surface area contributed by atoms with Gasteiger partial charge in [0, 0.05) is 37.7 Å². The van der Waals surface area contributed by atoms with Crippen molar-refractivity contribution < 1.29 is 14.3 Å². The number of likely N-dealkylation sites (tertiary alicyclic amines) is 1. The molecule has 2 saturated carbocycles. The van der Waals surface area contributed by atoms with Crippen LogP contribution < -0.4 is 5.32 Å². The van der Waals surface area contributed by atoms with Crippen molar-refractivity contribution in [2.24, 2.45) is 23.7 Å². The summed E-state index contributed by atoms with van der Waals surface area (Å²) in [6.07, 6.45) is 10.1. The summed E-state index contributed by atoms with van der Waals surface area (Å²) in [5.41, 5.74) is 0.878. The number of amides is 2. The maximum atomic E-state index is 13.3. The Morgan fingerprint density at radius 1 is 1.07 bits per heavy atom. The molecule has 2 amide bonds. The molecule has 5 unspecified atom stereocenters. The minimum absolute atomic E-state index is 0.0418. The van der Waals surface area contributed by atoms with E-state index >= 15 is 0 Å². The van der Waals surface area contributed by atoms with Crippen molar-refractivity contribution in [2.45, 2.75) is 63.5 Å². The fraction of sp³-hybridized carbons (Fsp3) is 0.708. The third-order valence-electron chi connectivity index (χ3n) is 7.71. The second-order valence-electron chi connectivity index (χ2n) is 9.57. The highest BCUT2D eigenvalue weighted by molar-refractivity contribution is 5.83. The lowest BCUT2D eigenvalue weighted by atomic mass is 9.88. The van der Waals surface area contributed by atoms with Crippen molar-refractivity contribution in [1.29, 1.82) is 0 Å². The molecular weight excluding hydrogens is 378 g/mol. The quantitative estimate of drug-likeness (QED) is 0.808. The number of fused-ring (bicyclic) bond motifs is 1. The number of piperidine rings is 1. The van der Waals surface area contributed by atoms with Gasteiger partial charge in [0.05, 0.1) is 11.7 Å². The number of hydrogen-bond acceptors (Lipinski definition) is 4. The molecule has 4 aliphatic rings. The molecule has 5 rings (SSSR count). The molecule has 1 aromatic rings. The smallest absolute Gasteiger partial charge is 0.249 e. The zero-order chi connectivity index (χ0) is 20.5. The van der Waals surface area contributed by atoms with Crippen LogP contribution in [0.1, 0.15) is 63.1 Å². The van der Waals surface area contributed by atoms with Gasteiger partial charge in [-0.3, -0.25) is 14.6 Å². The topological polar surface area (TPSA) is 71.5 Å². The summed E-state index contributed by atoms with van der Waals surface area (Å²) in [6, 6.07) is 5.67. The normalized spacial score (nSPS) is 34.1. The Kier molecular flexibility index (Phi) is 5.77. The van der Waals surface area contributed by atoms with Crippen LogP contribution in [0.3, 0.4) is 0 Å². The fourth-order valence-corrected chi connectivity index (χ4v) is 6.08. The van der Waals surface area contributed by atoms with E-state index in [9.17, 15) is 9.59 Å². The van der Waals surface area contributed by atoms with Crippen LogP contribution in [0.25, 0.3) is 0 Å². The summed E-state index contributed by atoms with van der Waals surface area (Å²) in [7, 11) is 0. The zero-order valence-electron chi connectivity index (χ0n) is 17.7. The van der Waals surface area contributed by atoms with Gasteiger partial charge in [-0.05, 0) is 62.5 Å². The number of ether oxygens (including phenoxy) is 1. The number of aromatic nitrogens is 1. The van der Waals surface area contributed by atoms with Crippen LogP contribution >= 0.6 is 0 Å². The van der Waals surface area contributed by atoms with Crippen molar-refractivity contribution in [3.05, 3.63) is 30.1 Å². The fourth-order valence-electron chi connectivity index (χ4n) is 6.08. The highest BCUT2D eigenvalue weighted by Crippen LogP contribution is 2.56. The third kappa shape index (κ3) is 3.98.